The van der Waals surface area contributed by atoms with E-state index in [0.29, 0.717) is 31.2 Å². The van der Waals surface area contributed by atoms with Gasteiger partial charge in [0.15, 0.2) is 0 Å². The van der Waals surface area contributed by atoms with Crippen molar-refractivity contribution in [3.8, 4) is 0 Å². The topological polar surface area (TPSA) is 94.2 Å². The number of amides is 1. The molecule has 2 aromatic heterocycles. The van der Waals surface area contributed by atoms with Crippen LogP contribution in [0.5, 0.6) is 0 Å². The van der Waals surface area contributed by atoms with Gasteiger partial charge in [0.05, 0.1) is 19.8 Å². The monoisotopic (exact) mass is 538 g/mol. The maximum atomic E-state index is 12.1. The molecule has 2 aromatic rings. The lowest BCUT2D eigenvalue weighted by Gasteiger charge is -2.29. The van der Waals surface area contributed by atoms with Crippen molar-refractivity contribution in [1.82, 2.24) is 10.2 Å². The summed E-state index contributed by atoms with van der Waals surface area (Å²) >= 11 is 2.94. The molecule has 0 spiro atoms. The van der Waals surface area contributed by atoms with E-state index in [-0.39, 0.29) is 25.5 Å². The molecule has 4 rings (SSSR count). The van der Waals surface area contributed by atoms with Crippen LogP contribution < -0.4 is 5.32 Å². The molecule has 0 saturated carbocycles. The largest absolute Gasteiger partial charge is 0.462 e. The Hall–Kier alpha value is -2.43. The molecule has 2 aliphatic rings. The molecule has 36 heavy (non-hydrogen) atoms. The van der Waals surface area contributed by atoms with Crippen LogP contribution in [0, 0.1) is 0 Å². The molecule has 0 radical (unpaired) electrons. The summed E-state index contributed by atoms with van der Waals surface area (Å²) in [7, 11) is 0. The first-order chi connectivity index (χ1) is 16.6. The van der Waals surface area contributed by atoms with Crippen LogP contribution in [0.25, 0.3) is 0 Å². The van der Waals surface area contributed by atoms with Crippen LogP contribution in [-0.2, 0) is 40.1 Å². The van der Waals surface area contributed by atoms with Crippen molar-refractivity contribution in [2.45, 2.75) is 73.6 Å². The highest BCUT2D eigenvalue weighted by Gasteiger charge is 2.28. The molecule has 0 saturated heterocycles. The zero-order valence-corrected chi connectivity index (χ0v) is 22.7. The number of carbonyl (C=O) groups is 3. The highest BCUT2D eigenvalue weighted by Crippen LogP contribution is 2.29. The van der Waals surface area contributed by atoms with Gasteiger partial charge in [0.25, 0.3) is 0 Å². The quantitative estimate of drug-likeness (QED) is 0.410. The summed E-state index contributed by atoms with van der Waals surface area (Å²) in [6, 6.07) is 3.85. The summed E-state index contributed by atoms with van der Waals surface area (Å²) in [5.41, 5.74) is 1.93. The van der Waals surface area contributed by atoms with E-state index in [1.54, 1.807) is 23.2 Å². The van der Waals surface area contributed by atoms with E-state index in [1.807, 2.05) is 39.8 Å². The Bertz CT molecular complexity index is 1030. The van der Waals surface area contributed by atoms with Gasteiger partial charge in [-0.1, -0.05) is 7.43 Å². The molecular formula is C26H38N2O6S2. The number of thiophene rings is 2. The first kappa shape index (κ1) is 29.8. The van der Waals surface area contributed by atoms with Gasteiger partial charge < -0.3 is 24.4 Å². The Labute approximate surface area is 221 Å². The van der Waals surface area contributed by atoms with Gasteiger partial charge >= 0.3 is 18.0 Å². The number of nitrogens with zero attached hydrogens (tertiary/aromatic N) is 1. The van der Waals surface area contributed by atoms with Crippen LogP contribution in [0.3, 0.4) is 0 Å². The normalized spacial score (nSPS) is 14.3. The smallest absolute Gasteiger partial charge is 0.410 e. The van der Waals surface area contributed by atoms with Crippen LogP contribution in [0.1, 0.15) is 82.3 Å². The number of fused-ring (bicyclic) bond motifs is 2. The number of nitrogens with one attached hydrogen (secondary N) is 1. The van der Waals surface area contributed by atoms with Crippen molar-refractivity contribution in [3.63, 3.8) is 0 Å². The molecule has 200 valence electrons. The third-order valence-electron chi connectivity index (χ3n) is 5.24. The molecule has 0 fully saturated rings. The van der Waals surface area contributed by atoms with Gasteiger partial charge in [-0.05, 0) is 77.3 Å². The molecule has 1 amide bonds. The SMILES string of the molecule is C.CCOC(=O)c1cc2c(s1)CN(C(=O)OC(C)(C)C)CC2.CCOC(=O)c1cc2c(s1)CNCC2. The molecule has 8 nitrogen and oxygen atoms in total. The average molecular weight is 539 g/mol. The first-order valence-electron chi connectivity index (χ1n) is 11.9. The highest BCUT2D eigenvalue weighted by atomic mass is 32.1. The van der Waals surface area contributed by atoms with Gasteiger partial charge in [-0.25, -0.2) is 14.4 Å². The number of hydrogen-bond donors (Lipinski definition) is 1. The lowest BCUT2D eigenvalue weighted by Crippen LogP contribution is -2.39. The van der Waals surface area contributed by atoms with Gasteiger partial charge in [-0.15, -0.1) is 22.7 Å². The number of carbonyl (C=O) groups excluding carboxylic acids is 3. The second-order valence-corrected chi connectivity index (χ2v) is 11.4. The van der Waals surface area contributed by atoms with Gasteiger partial charge in [0.1, 0.15) is 15.4 Å². The molecule has 2 aliphatic heterocycles. The predicted molar refractivity (Wildman–Crippen MR) is 143 cm³/mol. The van der Waals surface area contributed by atoms with Crippen molar-refractivity contribution in [3.05, 3.63) is 42.8 Å². The second kappa shape index (κ2) is 13.2. The minimum Gasteiger partial charge on any atom is -0.462 e. The van der Waals surface area contributed by atoms with Crippen LogP contribution in [0.4, 0.5) is 4.79 Å². The third-order valence-corrected chi connectivity index (χ3v) is 7.54. The fraction of sp³-hybridized carbons (Fsp3) is 0.577. The first-order valence-corrected chi connectivity index (χ1v) is 13.5. The van der Waals surface area contributed by atoms with Gasteiger partial charge in [0, 0.05) is 22.8 Å². The molecule has 10 heteroatoms. The number of rotatable bonds is 4. The van der Waals surface area contributed by atoms with Crippen LogP contribution in [0.15, 0.2) is 12.1 Å². The Morgan fingerprint density at radius 2 is 1.50 bits per heavy atom. The van der Waals surface area contributed by atoms with E-state index < -0.39 is 5.60 Å². The standard InChI is InChI=1S/C15H21NO4S.C10H13NO2S.CH4/c1-5-19-13(17)11-8-10-6-7-16(9-12(10)21-11)14(18)20-15(2,3)4;1-2-13-10(12)8-5-7-3-4-11-6-9(7)14-8;/h8H,5-7,9H2,1-4H3;5,11H,2-4,6H2,1H3;1H4. The molecule has 0 bridgehead atoms. The third kappa shape index (κ3) is 8.04. The Morgan fingerprint density at radius 3 is 2.03 bits per heavy atom. The maximum absolute atomic E-state index is 12.1. The molecule has 0 atom stereocenters. The average Bonchev–Trinajstić information content (AvgIpc) is 3.42. The highest BCUT2D eigenvalue weighted by molar-refractivity contribution is 7.14. The Kier molecular flexibility index (Phi) is 10.9. The molecule has 0 unspecified atom stereocenters. The van der Waals surface area contributed by atoms with E-state index in [9.17, 15) is 14.4 Å². The molecule has 0 aliphatic carbocycles. The van der Waals surface area contributed by atoms with E-state index in [0.717, 1.165) is 41.2 Å². The lowest BCUT2D eigenvalue weighted by molar-refractivity contribution is 0.0226. The van der Waals surface area contributed by atoms with Crippen molar-refractivity contribution in [2.75, 3.05) is 26.3 Å². The summed E-state index contributed by atoms with van der Waals surface area (Å²) in [5.74, 6) is -0.479. The lowest BCUT2D eigenvalue weighted by atomic mass is 10.1. The van der Waals surface area contributed by atoms with Gasteiger partial charge in [-0.3, -0.25) is 0 Å². The fourth-order valence-corrected chi connectivity index (χ4v) is 5.86. The van der Waals surface area contributed by atoms with E-state index in [4.69, 9.17) is 14.2 Å². The van der Waals surface area contributed by atoms with Crippen molar-refractivity contribution >= 4 is 40.7 Å². The summed E-state index contributed by atoms with van der Waals surface area (Å²) in [5, 5.41) is 3.28. The molecular weight excluding hydrogens is 500 g/mol. The maximum Gasteiger partial charge on any atom is 0.410 e. The molecule has 0 aromatic carbocycles. The van der Waals surface area contributed by atoms with Gasteiger partial charge in [-0.2, -0.15) is 0 Å². The number of hydrogen-bond acceptors (Lipinski definition) is 9. The van der Waals surface area contributed by atoms with E-state index >= 15 is 0 Å². The summed E-state index contributed by atoms with van der Waals surface area (Å²) < 4.78 is 15.4. The zero-order chi connectivity index (χ0) is 25.6. The fourth-order valence-electron chi connectivity index (χ4n) is 3.66. The van der Waals surface area contributed by atoms with Crippen LogP contribution in [-0.4, -0.2) is 54.8 Å². The summed E-state index contributed by atoms with van der Waals surface area (Å²) in [6.07, 6.45) is 1.45. The number of esters is 2. The van der Waals surface area contributed by atoms with E-state index in [1.165, 1.54) is 21.8 Å². The van der Waals surface area contributed by atoms with E-state index in [2.05, 4.69) is 5.32 Å². The van der Waals surface area contributed by atoms with Crippen molar-refractivity contribution in [2.24, 2.45) is 0 Å². The molecule has 4 heterocycles. The summed E-state index contributed by atoms with van der Waals surface area (Å²) in [4.78, 5) is 40.6. The minimum atomic E-state index is -0.497. The minimum absolute atomic E-state index is 0. The number of ether oxygens (including phenoxy) is 3. The zero-order valence-electron chi connectivity index (χ0n) is 21.0. The predicted octanol–water partition coefficient (Wildman–Crippen LogP) is 5.42. The summed E-state index contributed by atoms with van der Waals surface area (Å²) in [6.45, 7) is 13.0. The second-order valence-electron chi connectivity index (χ2n) is 9.14. The van der Waals surface area contributed by atoms with Gasteiger partial charge in [0.2, 0.25) is 0 Å². The van der Waals surface area contributed by atoms with Crippen molar-refractivity contribution < 1.29 is 28.6 Å². The Balaban J connectivity index is 0.000000265. The molecule has 1 N–H and O–H groups in total. The van der Waals surface area contributed by atoms with Crippen LogP contribution in [0.2, 0.25) is 0 Å². The Morgan fingerprint density at radius 1 is 0.944 bits per heavy atom. The van der Waals surface area contributed by atoms with Crippen molar-refractivity contribution in [1.29, 1.82) is 0 Å². The van der Waals surface area contributed by atoms with Crippen LogP contribution >= 0.6 is 22.7 Å².